The molecular weight excluding hydrogens is 186 g/mol. The van der Waals surface area contributed by atoms with Gasteiger partial charge in [-0.15, -0.1) is 0 Å². The fraction of sp³-hybridized carbons (Fsp3) is 0.778. The summed E-state index contributed by atoms with van der Waals surface area (Å²) in [7, 11) is 0. The van der Waals surface area contributed by atoms with E-state index in [1.807, 2.05) is 20.8 Å². The first-order chi connectivity index (χ1) is 6.42. The Hall–Kier alpha value is -0.940. The first kappa shape index (κ1) is 11.1. The highest BCUT2D eigenvalue weighted by Gasteiger charge is 2.36. The van der Waals surface area contributed by atoms with E-state index in [4.69, 9.17) is 4.84 Å². The minimum Gasteiger partial charge on any atom is -0.395 e. The first-order valence-corrected chi connectivity index (χ1v) is 4.50. The molecule has 80 valence electrons. The third-order valence-electron chi connectivity index (χ3n) is 1.75. The number of hydrogen-bond acceptors (Lipinski definition) is 5. The van der Waals surface area contributed by atoms with Crippen LogP contribution >= 0.6 is 0 Å². The molecule has 5 nitrogen and oxygen atoms in total. The summed E-state index contributed by atoms with van der Waals surface area (Å²) in [5.41, 5.74) is -0.250. The van der Waals surface area contributed by atoms with Gasteiger partial charge in [-0.2, -0.15) is 5.06 Å². The third-order valence-corrected chi connectivity index (χ3v) is 1.75. The molecule has 14 heavy (non-hydrogen) atoms. The molecule has 0 aromatic carbocycles. The van der Waals surface area contributed by atoms with Crippen molar-refractivity contribution < 1.29 is 19.2 Å². The maximum absolute atomic E-state index is 11.0. The van der Waals surface area contributed by atoms with Crippen molar-refractivity contribution in [2.75, 3.05) is 13.1 Å². The molecule has 0 radical (unpaired) electrons. The predicted molar refractivity (Wildman–Crippen MR) is 48.1 cm³/mol. The molecule has 0 bridgehead atoms. The third kappa shape index (κ3) is 3.08. The van der Waals surface area contributed by atoms with Gasteiger partial charge in [-0.3, -0.25) is 14.4 Å². The average molecular weight is 201 g/mol. The molecule has 1 heterocycles. The predicted octanol–water partition coefficient (Wildman–Crippen LogP) is 0.348. The van der Waals surface area contributed by atoms with Gasteiger partial charge in [0.1, 0.15) is 0 Å². The monoisotopic (exact) mass is 201 g/mol. The molecule has 0 amide bonds. The Kier molecular flexibility index (Phi) is 3.23. The summed E-state index contributed by atoms with van der Waals surface area (Å²) in [5.74, 6) is -0.712. The van der Waals surface area contributed by atoms with Crippen molar-refractivity contribution in [3.05, 3.63) is 0 Å². The van der Waals surface area contributed by atoms with Crippen LogP contribution in [0.5, 0.6) is 0 Å². The topological polar surface area (TPSA) is 55.8 Å². The van der Waals surface area contributed by atoms with Crippen LogP contribution in [0.25, 0.3) is 0 Å². The maximum Gasteiger partial charge on any atom is 0.319 e. The zero-order chi connectivity index (χ0) is 10.8. The van der Waals surface area contributed by atoms with Crippen LogP contribution in [-0.4, -0.2) is 36.2 Å². The van der Waals surface area contributed by atoms with Crippen LogP contribution in [0.4, 0.5) is 0 Å². The number of nitrogens with zero attached hydrogens (tertiary/aromatic N) is 1. The number of esters is 1. The van der Waals surface area contributed by atoms with E-state index in [-0.39, 0.29) is 18.0 Å². The van der Waals surface area contributed by atoms with Crippen molar-refractivity contribution >= 4 is 12.4 Å². The molecule has 0 aromatic rings. The molecule has 0 N–H and O–H groups in total. The highest BCUT2D eigenvalue weighted by Crippen LogP contribution is 2.21. The Bertz CT molecular complexity index is 227. The van der Waals surface area contributed by atoms with Gasteiger partial charge in [-0.05, 0) is 20.8 Å². The van der Waals surface area contributed by atoms with Crippen molar-refractivity contribution in [3.8, 4) is 0 Å². The van der Waals surface area contributed by atoms with Crippen molar-refractivity contribution in [2.45, 2.75) is 26.4 Å². The van der Waals surface area contributed by atoms with Crippen LogP contribution < -0.4 is 0 Å². The lowest BCUT2D eigenvalue weighted by Gasteiger charge is -2.39. The lowest BCUT2D eigenvalue weighted by atomic mass is 10.0. The molecule has 0 saturated carbocycles. The smallest absolute Gasteiger partial charge is 0.319 e. The summed E-state index contributed by atoms with van der Waals surface area (Å²) in [6.07, 6.45) is 0. The SMILES string of the molecule is CC(C)(C)ON1CC(C(=O)OC=O)C1. The second-order valence-electron chi connectivity index (χ2n) is 4.28. The van der Waals surface area contributed by atoms with Gasteiger partial charge >= 0.3 is 12.4 Å². The zero-order valence-corrected chi connectivity index (χ0v) is 8.65. The second-order valence-corrected chi connectivity index (χ2v) is 4.28. The number of carbonyl (C=O) groups excluding carboxylic acids is 2. The normalized spacial score (nSPS) is 18.8. The quantitative estimate of drug-likeness (QED) is 0.374. The Morgan fingerprint density at radius 2 is 2.00 bits per heavy atom. The fourth-order valence-electron chi connectivity index (χ4n) is 1.19. The number of hydroxylamine groups is 2. The van der Waals surface area contributed by atoms with E-state index in [0.29, 0.717) is 13.1 Å². The fourth-order valence-corrected chi connectivity index (χ4v) is 1.19. The Morgan fingerprint density at radius 1 is 1.43 bits per heavy atom. The van der Waals surface area contributed by atoms with Crippen LogP contribution in [-0.2, 0) is 19.2 Å². The van der Waals surface area contributed by atoms with Crippen molar-refractivity contribution in [2.24, 2.45) is 5.92 Å². The molecule has 0 unspecified atom stereocenters. The standard InChI is InChI=1S/C9H15NO4/c1-9(2,3)14-10-4-7(5-10)8(12)13-6-11/h6-7H,4-5H2,1-3H3. The van der Waals surface area contributed by atoms with Gasteiger partial charge in [0, 0.05) is 13.1 Å². The van der Waals surface area contributed by atoms with Crippen molar-refractivity contribution in [1.29, 1.82) is 0 Å². The minimum absolute atomic E-state index is 0.162. The average Bonchev–Trinajstić information content (AvgIpc) is 1.94. The number of hydrogen-bond donors (Lipinski definition) is 0. The molecule has 1 rings (SSSR count). The number of rotatable bonds is 3. The lowest BCUT2D eigenvalue weighted by Crippen LogP contribution is -2.53. The van der Waals surface area contributed by atoms with Gasteiger partial charge < -0.3 is 4.74 Å². The highest BCUT2D eigenvalue weighted by atomic mass is 16.7. The van der Waals surface area contributed by atoms with E-state index in [2.05, 4.69) is 4.74 Å². The first-order valence-electron chi connectivity index (χ1n) is 4.50. The van der Waals surface area contributed by atoms with Crippen LogP contribution in [0.2, 0.25) is 0 Å². The second kappa shape index (κ2) is 4.06. The molecule has 0 spiro atoms. The van der Waals surface area contributed by atoms with E-state index in [0.717, 1.165) is 0 Å². The lowest BCUT2D eigenvalue weighted by molar-refractivity contribution is -0.274. The van der Waals surface area contributed by atoms with Gasteiger partial charge in [0.25, 0.3) is 0 Å². The molecule has 0 aromatic heterocycles. The van der Waals surface area contributed by atoms with E-state index in [9.17, 15) is 9.59 Å². The van der Waals surface area contributed by atoms with Crippen LogP contribution in [0.15, 0.2) is 0 Å². The summed E-state index contributed by atoms with van der Waals surface area (Å²) >= 11 is 0. The Morgan fingerprint density at radius 3 is 2.43 bits per heavy atom. The van der Waals surface area contributed by atoms with Gasteiger partial charge in [-0.25, -0.2) is 0 Å². The number of carbonyl (C=O) groups is 2. The molecule has 1 aliphatic heterocycles. The van der Waals surface area contributed by atoms with Crippen LogP contribution in [0.3, 0.4) is 0 Å². The van der Waals surface area contributed by atoms with Gasteiger partial charge in [0.2, 0.25) is 0 Å². The minimum atomic E-state index is -0.478. The van der Waals surface area contributed by atoms with E-state index in [1.54, 1.807) is 5.06 Å². The Labute approximate surface area is 82.9 Å². The summed E-state index contributed by atoms with van der Waals surface area (Å²) in [6, 6.07) is 0. The molecule has 1 fully saturated rings. The van der Waals surface area contributed by atoms with E-state index < -0.39 is 5.97 Å². The van der Waals surface area contributed by atoms with E-state index >= 15 is 0 Å². The largest absolute Gasteiger partial charge is 0.395 e. The molecular formula is C9H15NO4. The molecule has 0 aliphatic carbocycles. The summed E-state index contributed by atoms with van der Waals surface area (Å²) in [4.78, 5) is 26.4. The van der Waals surface area contributed by atoms with E-state index in [1.165, 1.54) is 0 Å². The highest BCUT2D eigenvalue weighted by molar-refractivity contribution is 5.79. The molecule has 5 heteroatoms. The summed E-state index contributed by atoms with van der Waals surface area (Å²) in [6.45, 7) is 6.95. The van der Waals surface area contributed by atoms with Crippen LogP contribution in [0, 0.1) is 5.92 Å². The molecule has 1 aliphatic rings. The van der Waals surface area contributed by atoms with Gasteiger partial charge in [0.15, 0.2) is 0 Å². The number of ether oxygens (including phenoxy) is 1. The zero-order valence-electron chi connectivity index (χ0n) is 8.65. The van der Waals surface area contributed by atoms with Crippen molar-refractivity contribution in [3.63, 3.8) is 0 Å². The summed E-state index contributed by atoms with van der Waals surface area (Å²) in [5, 5.41) is 1.69. The molecule has 0 atom stereocenters. The van der Waals surface area contributed by atoms with Gasteiger partial charge in [-0.1, -0.05) is 0 Å². The molecule has 1 saturated heterocycles. The van der Waals surface area contributed by atoms with Crippen molar-refractivity contribution in [1.82, 2.24) is 5.06 Å². The summed E-state index contributed by atoms with van der Waals surface area (Å²) < 4.78 is 4.22. The van der Waals surface area contributed by atoms with Gasteiger partial charge in [0.05, 0.1) is 11.5 Å². The van der Waals surface area contributed by atoms with Crippen LogP contribution in [0.1, 0.15) is 20.8 Å². The Balaban J connectivity index is 2.23. The maximum atomic E-state index is 11.0.